The van der Waals surface area contributed by atoms with Crippen LogP contribution in [0.1, 0.15) is 75.4 Å². The van der Waals surface area contributed by atoms with Gasteiger partial charge in [0.05, 0.1) is 42.5 Å². The molecule has 1 fully saturated rings. The zero-order valence-corrected chi connectivity index (χ0v) is 21.2. The van der Waals surface area contributed by atoms with E-state index in [0.29, 0.717) is 17.0 Å². The number of ether oxygens (including phenoxy) is 2. The van der Waals surface area contributed by atoms with Crippen molar-refractivity contribution in [1.82, 2.24) is 0 Å². The van der Waals surface area contributed by atoms with Crippen LogP contribution in [0.25, 0.3) is 0 Å². The van der Waals surface area contributed by atoms with E-state index in [9.17, 15) is 36.4 Å². The molecule has 38 heavy (non-hydrogen) atoms. The highest BCUT2D eigenvalue weighted by molar-refractivity contribution is 7.88. The average molecular weight is 553 g/mol. The summed E-state index contributed by atoms with van der Waals surface area (Å²) in [4.78, 5) is 22.6. The van der Waals surface area contributed by atoms with E-state index in [0.717, 1.165) is 43.7 Å². The number of nitriles is 2. The Bertz CT molecular complexity index is 1370. The second kappa shape index (κ2) is 12.9. The lowest BCUT2D eigenvalue weighted by Crippen LogP contribution is -2.28. The molecular weight excluding hydrogens is 529 g/mol. The number of carbonyl (C=O) groups is 2. The van der Waals surface area contributed by atoms with Crippen LogP contribution < -0.4 is 4.18 Å². The van der Waals surface area contributed by atoms with Gasteiger partial charge in [0, 0.05) is 0 Å². The van der Waals surface area contributed by atoms with E-state index in [2.05, 4.69) is 19.7 Å². The summed E-state index contributed by atoms with van der Waals surface area (Å²) in [6.45, 7) is 0. The van der Waals surface area contributed by atoms with E-state index in [1.807, 2.05) is 6.07 Å². The van der Waals surface area contributed by atoms with Crippen molar-refractivity contribution >= 4 is 22.1 Å². The lowest BCUT2D eigenvalue weighted by Gasteiger charge is -2.23. The van der Waals surface area contributed by atoms with Gasteiger partial charge in [-0.25, -0.2) is 9.59 Å². The number of nitrogens with zero attached hydrogens (tertiary/aromatic N) is 2. The molecule has 0 radical (unpaired) electrons. The summed E-state index contributed by atoms with van der Waals surface area (Å²) in [6, 6.07) is 11.5. The second-order valence-electron chi connectivity index (χ2n) is 8.04. The zero-order chi connectivity index (χ0) is 28.5. The van der Waals surface area contributed by atoms with Crippen LogP contribution in [0.4, 0.5) is 13.2 Å². The SMILES string of the molecule is COC(=O)c1ccc(C2CCCCC2)c(C#N)c1.COC(=O)c1ccc(OS(=O)(=O)C(F)(F)F)c(C#N)c1. The number of benzene rings is 2. The van der Waals surface area contributed by atoms with E-state index in [-0.39, 0.29) is 11.5 Å². The predicted molar refractivity (Wildman–Crippen MR) is 126 cm³/mol. The average Bonchev–Trinajstić information content (AvgIpc) is 2.92. The number of rotatable bonds is 5. The Morgan fingerprint density at radius 2 is 1.37 bits per heavy atom. The van der Waals surface area contributed by atoms with Gasteiger partial charge in [0.15, 0.2) is 5.75 Å². The molecule has 9 nitrogen and oxygen atoms in total. The molecular formula is C25H23F3N2O7S. The van der Waals surface area contributed by atoms with Crippen molar-refractivity contribution in [1.29, 1.82) is 10.5 Å². The third-order valence-electron chi connectivity index (χ3n) is 5.64. The van der Waals surface area contributed by atoms with E-state index >= 15 is 0 Å². The number of alkyl halides is 3. The van der Waals surface area contributed by atoms with Gasteiger partial charge in [-0.15, -0.1) is 0 Å². The molecule has 1 aliphatic carbocycles. The summed E-state index contributed by atoms with van der Waals surface area (Å²) in [5.41, 5.74) is -4.16. The van der Waals surface area contributed by atoms with Gasteiger partial charge in [0.2, 0.25) is 0 Å². The highest BCUT2D eigenvalue weighted by atomic mass is 32.2. The van der Waals surface area contributed by atoms with Crippen molar-refractivity contribution in [2.45, 2.75) is 43.5 Å². The number of carbonyl (C=O) groups excluding carboxylic acids is 2. The first-order chi connectivity index (χ1) is 17.9. The monoisotopic (exact) mass is 552 g/mol. The molecule has 2 aromatic carbocycles. The van der Waals surface area contributed by atoms with Crippen LogP contribution in [0.15, 0.2) is 36.4 Å². The maximum Gasteiger partial charge on any atom is 0.534 e. The minimum absolute atomic E-state index is 0.138. The molecule has 1 saturated carbocycles. The summed E-state index contributed by atoms with van der Waals surface area (Å²) in [7, 11) is -3.48. The number of hydrogen-bond acceptors (Lipinski definition) is 9. The topological polar surface area (TPSA) is 144 Å². The molecule has 13 heteroatoms. The molecule has 1 aliphatic rings. The van der Waals surface area contributed by atoms with E-state index in [4.69, 9.17) is 5.26 Å². The van der Waals surface area contributed by atoms with Crippen LogP contribution in [0, 0.1) is 22.7 Å². The van der Waals surface area contributed by atoms with Gasteiger partial charge in [0.25, 0.3) is 0 Å². The van der Waals surface area contributed by atoms with Crippen LogP contribution in [0.2, 0.25) is 0 Å². The minimum Gasteiger partial charge on any atom is -0.465 e. The molecule has 0 bridgehead atoms. The summed E-state index contributed by atoms with van der Waals surface area (Å²) in [6.07, 6.45) is 6.04. The predicted octanol–water partition coefficient (Wildman–Crippen LogP) is 4.97. The van der Waals surface area contributed by atoms with Gasteiger partial charge in [0.1, 0.15) is 6.07 Å². The molecule has 0 amide bonds. The van der Waals surface area contributed by atoms with Crippen LogP contribution in [-0.4, -0.2) is 40.1 Å². The number of methoxy groups -OCH3 is 2. The smallest absolute Gasteiger partial charge is 0.465 e. The quantitative estimate of drug-likeness (QED) is 0.285. The van der Waals surface area contributed by atoms with Crippen LogP contribution in [0.3, 0.4) is 0 Å². The molecule has 0 aliphatic heterocycles. The van der Waals surface area contributed by atoms with E-state index in [1.165, 1.54) is 32.4 Å². The first kappa shape index (κ1) is 30.1. The molecule has 0 saturated heterocycles. The fourth-order valence-corrected chi connectivity index (χ4v) is 4.24. The Morgan fingerprint density at radius 1 is 0.868 bits per heavy atom. The summed E-state index contributed by atoms with van der Waals surface area (Å²) < 4.78 is 70.9. The van der Waals surface area contributed by atoms with E-state index < -0.39 is 32.9 Å². The van der Waals surface area contributed by atoms with Gasteiger partial charge in [-0.2, -0.15) is 32.1 Å². The van der Waals surface area contributed by atoms with Gasteiger partial charge < -0.3 is 13.7 Å². The van der Waals surface area contributed by atoms with Gasteiger partial charge >= 0.3 is 27.6 Å². The fraction of sp³-hybridized carbons (Fsp3) is 0.360. The molecule has 0 spiro atoms. The Kier molecular flexibility index (Phi) is 10.2. The van der Waals surface area contributed by atoms with Crippen molar-refractivity contribution in [2.75, 3.05) is 14.2 Å². The molecule has 0 atom stereocenters. The molecule has 0 N–H and O–H groups in total. The molecule has 0 aromatic heterocycles. The molecule has 2 aromatic rings. The highest BCUT2D eigenvalue weighted by Gasteiger charge is 2.48. The first-order valence-electron chi connectivity index (χ1n) is 11.1. The van der Waals surface area contributed by atoms with Crippen molar-refractivity contribution in [3.63, 3.8) is 0 Å². The maximum absolute atomic E-state index is 12.1. The van der Waals surface area contributed by atoms with E-state index in [1.54, 1.807) is 12.1 Å². The lowest BCUT2D eigenvalue weighted by molar-refractivity contribution is -0.0500. The molecule has 0 heterocycles. The van der Waals surface area contributed by atoms with Crippen LogP contribution >= 0.6 is 0 Å². The molecule has 3 rings (SSSR count). The lowest BCUT2D eigenvalue weighted by atomic mass is 9.82. The maximum atomic E-state index is 12.1. The van der Waals surface area contributed by atoms with Crippen molar-refractivity contribution in [3.8, 4) is 17.9 Å². The van der Waals surface area contributed by atoms with Crippen LogP contribution in [-0.2, 0) is 19.6 Å². The second-order valence-corrected chi connectivity index (χ2v) is 9.58. The van der Waals surface area contributed by atoms with Crippen molar-refractivity contribution in [2.24, 2.45) is 0 Å². The van der Waals surface area contributed by atoms with Crippen LogP contribution in [0.5, 0.6) is 5.75 Å². The Hall–Kier alpha value is -4.10. The fourth-order valence-electron chi connectivity index (χ4n) is 3.77. The molecule has 0 unspecified atom stereocenters. The summed E-state index contributed by atoms with van der Waals surface area (Å²) >= 11 is 0. The van der Waals surface area contributed by atoms with Gasteiger partial charge in [-0.3, -0.25) is 0 Å². The van der Waals surface area contributed by atoms with Crippen molar-refractivity contribution in [3.05, 3.63) is 64.2 Å². The third-order valence-corrected chi connectivity index (χ3v) is 6.61. The van der Waals surface area contributed by atoms with Crippen molar-refractivity contribution < 1.29 is 44.8 Å². The number of halogens is 3. The van der Waals surface area contributed by atoms with Gasteiger partial charge in [-0.05, 0) is 54.7 Å². The summed E-state index contributed by atoms with van der Waals surface area (Å²) in [5, 5.41) is 18.0. The number of esters is 2. The summed E-state index contributed by atoms with van der Waals surface area (Å²) in [5.74, 6) is -1.59. The highest BCUT2D eigenvalue weighted by Crippen LogP contribution is 2.34. The Morgan fingerprint density at radius 3 is 1.84 bits per heavy atom. The standard InChI is InChI=1S/C15H17NO2.C10H6F3NO5S/c1-18-15(17)12-7-8-14(13(9-12)10-16)11-5-3-2-4-6-11;1-18-9(15)6-2-3-8(7(4-6)5-14)19-20(16,17)10(11,12)13/h7-9,11H,2-6H2,1H3;2-4H,1H3. The largest absolute Gasteiger partial charge is 0.534 e. The molecule has 202 valence electrons. The van der Waals surface area contributed by atoms with Gasteiger partial charge in [-0.1, -0.05) is 25.3 Å². The normalized spacial score (nSPS) is 13.7. The Balaban J connectivity index is 0.000000268. The first-order valence-corrected chi connectivity index (χ1v) is 12.5. The third kappa shape index (κ3) is 7.46. The zero-order valence-electron chi connectivity index (χ0n) is 20.4. The minimum atomic E-state index is -5.89. The number of hydrogen-bond donors (Lipinski definition) is 0. The Labute approximate surface area is 217 Å².